The number of halogens is 4. The van der Waals surface area contributed by atoms with E-state index in [-0.39, 0.29) is 16.6 Å². The lowest BCUT2D eigenvalue weighted by molar-refractivity contribution is 0.0523. The molecule has 0 aromatic carbocycles. The van der Waals surface area contributed by atoms with Crippen molar-refractivity contribution < 1.29 is 18.3 Å². The Labute approximate surface area is 114 Å². The molecule has 1 aromatic heterocycles. The Kier molecular flexibility index (Phi) is 5.45. The van der Waals surface area contributed by atoms with Crippen LogP contribution < -0.4 is 0 Å². The maximum Gasteiger partial charge on any atom is 0.339 e. The summed E-state index contributed by atoms with van der Waals surface area (Å²) in [5.41, 5.74) is 0.131. The van der Waals surface area contributed by atoms with Crippen molar-refractivity contribution in [3.05, 3.63) is 27.5 Å². The van der Waals surface area contributed by atoms with Gasteiger partial charge in [-0.2, -0.15) is 0 Å². The van der Waals surface area contributed by atoms with Gasteiger partial charge in [0, 0.05) is 11.5 Å². The number of hydrogen-bond donors (Lipinski definition) is 0. The molecule has 3 nitrogen and oxygen atoms in total. The lowest BCUT2D eigenvalue weighted by Crippen LogP contribution is -2.11. The second kappa shape index (κ2) is 6.39. The van der Waals surface area contributed by atoms with Crippen molar-refractivity contribution in [1.29, 1.82) is 0 Å². The van der Waals surface area contributed by atoms with Gasteiger partial charge >= 0.3 is 5.97 Å². The minimum atomic E-state index is -2.75. The number of nitrogens with zero attached hydrogens (tertiary/aromatic N) is 1. The molecule has 0 fully saturated rings. The van der Waals surface area contributed by atoms with E-state index < -0.39 is 18.1 Å². The van der Waals surface area contributed by atoms with Gasteiger partial charge in [0.05, 0.1) is 16.6 Å². The number of hydrogen-bond acceptors (Lipinski definition) is 3. The van der Waals surface area contributed by atoms with Crippen LogP contribution in [0.3, 0.4) is 0 Å². The van der Waals surface area contributed by atoms with E-state index in [9.17, 15) is 13.6 Å². The van der Waals surface area contributed by atoms with Crippen LogP contribution in [0.2, 0.25) is 0 Å². The molecule has 0 aliphatic rings. The molecule has 17 heavy (non-hydrogen) atoms. The molecule has 0 bridgehead atoms. The Morgan fingerprint density at radius 1 is 1.59 bits per heavy atom. The Bertz CT molecular complexity index is 427. The quantitative estimate of drug-likeness (QED) is 0.595. The van der Waals surface area contributed by atoms with Crippen LogP contribution in [0.5, 0.6) is 0 Å². The van der Waals surface area contributed by atoms with Crippen molar-refractivity contribution in [3.63, 3.8) is 0 Å². The molecule has 0 aliphatic heterocycles. The molecule has 0 spiro atoms. The normalized spacial score (nSPS) is 10.7. The van der Waals surface area contributed by atoms with Crippen LogP contribution >= 0.6 is 31.9 Å². The van der Waals surface area contributed by atoms with Crippen molar-refractivity contribution in [1.82, 2.24) is 4.98 Å². The largest absolute Gasteiger partial charge is 0.462 e. The molecular weight excluding hydrogens is 364 g/mol. The van der Waals surface area contributed by atoms with E-state index in [0.717, 1.165) is 0 Å². The number of carbonyl (C=O) groups excluding carboxylic acids is 1. The van der Waals surface area contributed by atoms with E-state index in [0.29, 0.717) is 10.9 Å². The van der Waals surface area contributed by atoms with Crippen molar-refractivity contribution in [3.8, 4) is 0 Å². The summed E-state index contributed by atoms with van der Waals surface area (Å²) in [6, 6.07) is 0. The highest BCUT2D eigenvalue weighted by atomic mass is 79.9. The number of rotatable bonds is 4. The van der Waals surface area contributed by atoms with Crippen LogP contribution in [-0.4, -0.2) is 17.6 Å². The minimum Gasteiger partial charge on any atom is -0.462 e. The van der Waals surface area contributed by atoms with Gasteiger partial charge in [0.15, 0.2) is 0 Å². The van der Waals surface area contributed by atoms with E-state index in [1.165, 1.54) is 6.20 Å². The second-order valence-electron chi connectivity index (χ2n) is 3.01. The summed E-state index contributed by atoms with van der Waals surface area (Å²) in [6.07, 6.45) is -1.50. The summed E-state index contributed by atoms with van der Waals surface area (Å²) in [5, 5.41) is 0.330. The van der Waals surface area contributed by atoms with Crippen LogP contribution in [0.1, 0.15) is 35.0 Å². The van der Waals surface area contributed by atoms with Gasteiger partial charge in [-0.15, -0.1) is 0 Å². The molecule has 0 unspecified atom stereocenters. The first-order valence-corrected chi connectivity index (χ1v) is 6.62. The first-order valence-electron chi connectivity index (χ1n) is 4.71. The van der Waals surface area contributed by atoms with Crippen LogP contribution in [-0.2, 0) is 10.1 Å². The van der Waals surface area contributed by atoms with Crippen LogP contribution in [0.25, 0.3) is 0 Å². The Hall–Kier alpha value is -0.560. The molecule has 0 saturated heterocycles. The highest BCUT2D eigenvalue weighted by molar-refractivity contribution is 9.10. The lowest BCUT2D eigenvalue weighted by atomic mass is 10.1. The summed E-state index contributed by atoms with van der Waals surface area (Å²) in [4.78, 5) is 15.3. The first-order chi connectivity index (χ1) is 8.02. The number of aromatic nitrogens is 1. The Morgan fingerprint density at radius 3 is 2.71 bits per heavy atom. The topological polar surface area (TPSA) is 39.2 Å². The molecule has 0 atom stereocenters. The standard InChI is InChI=1S/C10H9Br2F2NO2/c1-2-17-10(16)6-5(3-11)4-15-8(7(6)12)9(13)14/h4,9H,2-3H2,1H3. The summed E-state index contributed by atoms with van der Waals surface area (Å²) >= 11 is 6.15. The van der Waals surface area contributed by atoms with E-state index in [1.807, 2.05) is 0 Å². The van der Waals surface area contributed by atoms with Gasteiger partial charge in [-0.3, -0.25) is 4.98 Å². The summed E-state index contributed by atoms with van der Waals surface area (Å²) in [6.45, 7) is 1.83. The number of esters is 1. The minimum absolute atomic E-state index is 0.0112. The van der Waals surface area contributed by atoms with Gasteiger partial charge in [-0.25, -0.2) is 13.6 Å². The fraction of sp³-hybridized carbons (Fsp3) is 0.400. The third-order valence-electron chi connectivity index (χ3n) is 1.96. The van der Waals surface area contributed by atoms with E-state index in [1.54, 1.807) is 6.92 Å². The first kappa shape index (κ1) is 14.5. The summed E-state index contributed by atoms with van der Waals surface area (Å²) in [5.74, 6) is -0.641. The van der Waals surface area contributed by atoms with Gasteiger partial charge in [-0.1, -0.05) is 15.9 Å². The molecule has 1 aromatic rings. The average molecular weight is 373 g/mol. The zero-order valence-electron chi connectivity index (χ0n) is 8.84. The molecule has 94 valence electrons. The molecule has 1 heterocycles. The van der Waals surface area contributed by atoms with Gasteiger partial charge in [-0.05, 0) is 28.4 Å². The van der Waals surface area contributed by atoms with Crippen molar-refractivity contribution in [2.24, 2.45) is 0 Å². The van der Waals surface area contributed by atoms with Gasteiger partial charge < -0.3 is 4.74 Å². The zero-order valence-corrected chi connectivity index (χ0v) is 12.0. The smallest absolute Gasteiger partial charge is 0.339 e. The molecular formula is C10H9Br2F2NO2. The lowest BCUT2D eigenvalue weighted by Gasteiger charge is -2.11. The van der Waals surface area contributed by atoms with Crippen LogP contribution in [0.15, 0.2) is 10.7 Å². The number of ether oxygens (including phenoxy) is 1. The van der Waals surface area contributed by atoms with Gasteiger partial charge in [0.1, 0.15) is 5.69 Å². The molecule has 0 amide bonds. The summed E-state index contributed by atoms with van der Waals surface area (Å²) in [7, 11) is 0. The monoisotopic (exact) mass is 371 g/mol. The Balaban J connectivity index is 3.32. The zero-order chi connectivity index (χ0) is 13.0. The van der Waals surface area contributed by atoms with Crippen molar-refractivity contribution in [2.45, 2.75) is 18.7 Å². The molecule has 1 rings (SSSR count). The van der Waals surface area contributed by atoms with Crippen molar-refractivity contribution in [2.75, 3.05) is 6.61 Å². The van der Waals surface area contributed by atoms with E-state index >= 15 is 0 Å². The predicted octanol–water partition coefficient (Wildman–Crippen LogP) is 3.85. The molecule has 0 N–H and O–H groups in total. The third kappa shape index (κ3) is 3.22. The summed E-state index contributed by atoms with van der Waals surface area (Å²) < 4.78 is 30.1. The molecule has 0 aliphatic carbocycles. The number of pyridine rings is 1. The SMILES string of the molecule is CCOC(=O)c1c(CBr)cnc(C(F)F)c1Br. The second-order valence-corrected chi connectivity index (χ2v) is 4.37. The maximum atomic E-state index is 12.6. The third-order valence-corrected chi connectivity index (χ3v) is 3.36. The Morgan fingerprint density at radius 2 is 2.24 bits per heavy atom. The number of alkyl halides is 3. The average Bonchev–Trinajstić information content (AvgIpc) is 2.27. The highest BCUT2D eigenvalue weighted by Gasteiger charge is 2.23. The fourth-order valence-electron chi connectivity index (χ4n) is 1.22. The number of carbonyl (C=O) groups is 1. The molecule has 0 radical (unpaired) electrons. The van der Waals surface area contributed by atoms with E-state index in [4.69, 9.17) is 4.74 Å². The van der Waals surface area contributed by atoms with Crippen LogP contribution in [0, 0.1) is 0 Å². The molecule has 0 saturated carbocycles. The van der Waals surface area contributed by atoms with E-state index in [2.05, 4.69) is 36.8 Å². The van der Waals surface area contributed by atoms with Crippen molar-refractivity contribution >= 4 is 37.8 Å². The fourth-order valence-corrected chi connectivity index (χ4v) is 2.33. The van der Waals surface area contributed by atoms with Gasteiger partial charge in [0.25, 0.3) is 6.43 Å². The van der Waals surface area contributed by atoms with Gasteiger partial charge in [0.2, 0.25) is 0 Å². The maximum absolute atomic E-state index is 12.6. The molecule has 7 heteroatoms. The predicted molar refractivity (Wildman–Crippen MR) is 65.5 cm³/mol. The highest BCUT2D eigenvalue weighted by Crippen LogP contribution is 2.31. The van der Waals surface area contributed by atoms with Crippen LogP contribution in [0.4, 0.5) is 8.78 Å².